The Hall–Kier alpha value is -2.37. The number of hydrogen-bond donors (Lipinski definition) is 1. The number of benzene rings is 1. The molecule has 2 aliphatic rings. The number of amides is 1. The number of para-hydroxylation sites is 2. The van der Waals surface area contributed by atoms with Gasteiger partial charge in [0.25, 0.3) is 0 Å². The molecular weight excluding hydrogens is 330 g/mol. The highest BCUT2D eigenvalue weighted by Gasteiger charge is 2.38. The van der Waals surface area contributed by atoms with Crippen molar-refractivity contribution in [2.45, 2.75) is 32.1 Å². The smallest absolute Gasteiger partial charge is 0.303 e. The summed E-state index contributed by atoms with van der Waals surface area (Å²) in [5, 5.41) is 9.29. The SMILES string of the molecule is Cn1c(CC2CN(C(=O)C3CC3)CCC2CC(=O)O)nc2ccccc21. The first-order valence-electron chi connectivity index (χ1n) is 9.44. The first-order chi connectivity index (χ1) is 12.5. The molecular formula is C20H25N3O3. The largest absolute Gasteiger partial charge is 0.481 e. The van der Waals surface area contributed by atoms with Crippen LogP contribution in [0.5, 0.6) is 0 Å². The number of rotatable bonds is 5. The number of aromatic nitrogens is 2. The van der Waals surface area contributed by atoms with Gasteiger partial charge in [0.05, 0.1) is 11.0 Å². The second kappa shape index (κ2) is 6.74. The van der Waals surface area contributed by atoms with Crippen LogP contribution in [-0.2, 0) is 23.1 Å². The Morgan fingerprint density at radius 2 is 1.96 bits per heavy atom. The average Bonchev–Trinajstić information content (AvgIpc) is 3.42. The first kappa shape index (κ1) is 17.1. The van der Waals surface area contributed by atoms with E-state index in [9.17, 15) is 14.7 Å². The predicted molar refractivity (Wildman–Crippen MR) is 97.6 cm³/mol. The maximum atomic E-state index is 12.5. The van der Waals surface area contributed by atoms with E-state index in [1.165, 1.54) is 0 Å². The highest BCUT2D eigenvalue weighted by molar-refractivity contribution is 5.81. The number of likely N-dealkylation sites (tertiary alicyclic amines) is 1. The van der Waals surface area contributed by atoms with E-state index in [4.69, 9.17) is 4.98 Å². The summed E-state index contributed by atoms with van der Waals surface area (Å²) in [6, 6.07) is 8.02. The quantitative estimate of drug-likeness (QED) is 0.894. The Bertz CT molecular complexity index is 840. The van der Waals surface area contributed by atoms with Crippen molar-refractivity contribution in [3.63, 3.8) is 0 Å². The maximum absolute atomic E-state index is 12.5. The Morgan fingerprint density at radius 1 is 1.19 bits per heavy atom. The van der Waals surface area contributed by atoms with Crippen molar-refractivity contribution in [1.29, 1.82) is 0 Å². The van der Waals surface area contributed by atoms with Gasteiger partial charge in [-0.05, 0) is 43.2 Å². The van der Waals surface area contributed by atoms with Gasteiger partial charge in [-0.2, -0.15) is 0 Å². The van der Waals surface area contributed by atoms with Crippen molar-refractivity contribution in [1.82, 2.24) is 14.5 Å². The summed E-state index contributed by atoms with van der Waals surface area (Å²) in [5.41, 5.74) is 2.04. The molecule has 6 nitrogen and oxygen atoms in total. The fourth-order valence-electron chi connectivity index (χ4n) is 4.21. The number of aliphatic carboxylic acids is 1. The van der Waals surface area contributed by atoms with Crippen LogP contribution in [0.2, 0.25) is 0 Å². The molecule has 2 atom stereocenters. The van der Waals surface area contributed by atoms with Crippen molar-refractivity contribution in [3.05, 3.63) is 30.1 Å². The minimum atomic E-state index is -0.757. The lowest BCUT2D eigenvalue weighted by Gasteiger charge is -2.38. The Labute approximate surface area is 152 Å². The van der Waals surface area contributed by atoms with Crippen LogP contribution in [0.25, 0.3) is 11.0 Å². The number of carboxylic acids is 1. The highest BCUT2D eigenvalue weighted by atomic mass is 16.4. The van der Waals surface area contributed by atoms with Gasteiger partial charge in [0.15, 0.2) is 0 Å². The molecule has 0 bridgehead atoms. The van der Waals surface area contributed by atoms with E-state index in [0.717, 1.165) is 36.1 Å². The third kappa shape index (κ3) is 3.32. The van der Waals surface area contributed by atoms with E-state index in [0.29, 0.717) is 19.5 Å². The van der Waals surface area contributed by atoms with Crippen molar-refractivity contribution in [3.8, 4) is 0 Å². The number of carbonyl (C=O) groups is 2. The number of aryl methyl sites for hydroxylation is 1. The number of fused-ring (bicyclic) bond motifs is 1. The predicted octanol–water partition coefficient (Wildman–Crippen LogP) is 2.47. The first-order valence-corrected chi connectivity index (χ1v) is 9.44. The summed E-state index contributed by atoms with van der Waals surface area (Å²) in [5.74, 6) is 0.907. The molecule has 26 heavy (non-hydrogen) atoms. The lowest BCUT2D eigenvalue weighted by molar-refractivity contribution is -0.140. The second-order valence-corrected chi connectivity index (χ2v) is 7.75. The van der Waals surface area contributed by atoms with Crippen molar-refractivity contribution in [2.24, 2.45) is 24.8 Å². The van der Waals surface area contributed by atoms with Gasteiger partial charge in [-0.3, -0.25) is 9.59 Å². The van der Waals surface area contributed by atoms with Gasteiger partial charge in [-0.25, -0.2) is 4.98 Å². The van der Waals surface area contributed by atoms with E-state index in [-0.39, 0.29) is 30.1 Å². The number of nitrogens with zero attached hydrogens (tertiary/aromatic N) is 3. The second-order valence-electron chi connectivity index (χ2n) is 7.75. The number of carboxylic acid groups (broad SMARTS) is 1. The molecule has 0 radical (unpaired) electrons. The van der Waals surface area contributed by atoms with Gasteiger partial charge in [0, 0.05) is 38.9 Å². The Morgan fingerprint density at radius 3 is 2.65 bits per heavy atom. The number of piperidine rings is 1. The molecule has 138 valence electrons. The molecule has 1 saturated carbocycles. The van der Waals surface area contributed by atoms with Crippen molar-refractivity contribution >= 4 is 22.9 Å². The van der Waals surface area contributed by atoms with Crippen LogP contribution in [0.15, 0.2) is 24.3 Å². The highest BCUT2D eigenvalue weighted by Crippen LogP contribution is 2.35. The molecule has 6 heteroatoms. The summed E-state index contributed by atoms with van der Waals surface area (Å²) in [6.45, 7) is 1.34. The third-order valence-corrected chi connectivity index (χ3v) is 5.89. The number of hydrogen-bond acceptors (Lipinski definition) is 3. The Balaban J connectivity index is 1.56. The van der Waals surface area contributed by atoms with Gasteiger partial charge in [0.2, 0.25) is 5.91 Å². The molecule has 1 N–H and O–H groups in total. The van der Waals surface area contributed by atoms with Crippen LogP contribution in [0.1, 0.15) is 31.5 Å². The lowest BCUT2D eigenvalue weighted by Crippen LogP contribution is -2.45. The van der Waals surface area contributed by atoms with E-state index in [2.05, 4.69) is 4.57 Å². The molecule has 1 aromatic carbocycles. The fourth-order valence-corrected chi connectivity index (χ4v) is 4.21. The van der Waals surface area contributed by atoms with Crippen LogP contribution >= 0.6 is 0 Å². The third-order valence-electron chi connectivity index (χ3n) is 5.89. The van der Waals surface area contributed by atoms with Gasteiger partial charge in [-0.15, -0.1) is 0 Å². The molecule has 2 fully saturated rings. The molecule has 1 saturated heterocycles. The van der Waals surface area contributed by atoms with Crippen LogP contribution in [0.3, 0.4) is 0 Å². The van der Waals surface area contributed by atoms with Gasteiger partial charge >= 0.3 is 5.97 Å². The van der Waals surface area contributed by atoms with Gasteiger partial charge < -0.3 is 14.6 Å². The minimum absolute atomic E-state index is 0.0931. The molecule has 4 rings (SSSR count). The Kier molecular flexibility index (Phi) is 4.42. The topological polar surface area (TPSA) is 75.4 Å². The van der Waals surface area contributed by atoms with Crippen molar-refractivity contribution in [2.75, 3.05) is 13.1 Å². The molecule has 2 aromatic rings. The number of carbonyl (C=O) groups excluding carboxylic acids is 1. The molecule has 1 aliphatic carbocycles. The minimum Gasteiger partial charge on any atom is -0.481 e. The summed E-state index contributed by atoms with van der Waals surface area (Å²) < 4.78 is 2.09. The zero-order chi connectivity index (χ0) is 18.3. The van der Waals surface area contributed by atoms with Crippen LogP contribution in [0, 0.1) is 17.8 Å². The average molecular weight is 355 g/mol. The van der Waals surface area contributed by atoms with E-state index < -0.39 is 5.97 Å². The van der Waals surface area contributed by atoms with Crippen LogP contribution in [0.4, 0.5) is 0 Å². The summed E-state index contributed by atoms with van der Waals surface area (Å²) >= 11 is 0. The van der Waals surface area contributed by atoms with E-state index in [1.54, 1.807) is 0 Å². The lowest BCUT2D eigenvalue weighted by atomic mass is 9.81. The standard InChI is InChI=1S/C20H25N3O3/c1-22-17-5-3-2-4-16(17)21-18(22)10-15-12-23(20(26)13-6-7-13)9-8-14(15)11-19(24)25/h2-5,13-15H,6-12H2,1H3,(H,24,25). The molecule has 1 aromatic heterocycles. The molecule has 2 heterocycles. The normalized spacial score (nSPS) is 23.3. The molecule has 2 unspecified atom stereocenters. The molecule has 1 amide bonds. The van der Waals surface area contributed by atoms with E-state index in [1.807, 2.05) is 36.2 Å². The van der Waals surface area contributed by atoms with Crippen LogP contribution in [-0.4, -0.2) is 44.5 Å². The summed E-state index contributed by atoms with van der Waals surface area (Å²) in [6.07, 6.45) is 3.64. The monoisotopic (exact) mass is 355 g/mol. The van der Waals surface area contributed by atoms with Gasteiger partial charge in [-0.1, -0.05) is 12.1 Å². The van der Waals surface area contributed by atoms with Crippen molar-refractivity contribution < 1.29 is 14.7 Å². The van der Waals surface area contributed by atoms with Crippen LogP contribution < -0.4 is 0 Å². The summed E-state index contributed by atoms with van der Waals surface area (Å²) in [4.78, 5) is 30.5. The fraction of sp³-hybridized carbons (Fsp3) is 0.550. The maximum Gasteiger partial charge on any atom is 0.303 e. The van der Waals surface area contributed by atoms with E-state index >= 15 is 0 Å². The zero-order valence-corrected chi connectivity index (χ0v) is 15.1. The zero-order valence-electron chi connectivity index (χ0n) is 15.1. The summed E-state index contributed by atoms with van der Waals surface area (Å²) in [7, 11) is 2.01. The molecule has 0 spiro atoms. The van der Waals surface area contributed by atoms with Gasteiger partial charge in [0.1, 0.15) is 5.82 Å². The number of imidazole rings is 1. The molecule has 1 aliphatic heterocycles.